The molecular weight excluding hydrogens is 390 g/mol. The molecule has 0 fully saturated rings. The second-order valence-corrected chi connectivity index (χ2v) is 6.64. The first kappa shape index (κ1) is 17.5. The molecule has 0 aliphatic carbocycles. The molecule has 0 spiro atoms. The number of ether oxygens (including phenoxy) is 1. The zero-order chi connectivity index (χ0) is 15.3. The third-order valence-electron chi connectivity index (χ3n) is 2.98. The van der Waals surface area contributed by atoms with Gasteiger partial charge in [-0.15, -0.1) is 0 Å². The van der Waals surface area contributed by atoms with Crippen molar-refractivity contribution in [3.8, 4) is 5.75 Å². The van der Waals surface area contributed by atoms with Gasteiger partial charge in [-0.1, -0.05) is 13.8 Å². The van der Waals surface area contributed by atoms with E-state index >= 15 is 0 Å². The van der Waals surface area contributed by atoms with Crippen LogP contribution >= 0.6 is 31.9 Å². The van der Waals surface area contributed by atoms with Crippen LogP contribution in [0, 0.1) is 5.92 Å². The quantitative estimate of drug-likeness (QED) is 0.759. The predicted molar refractivity (Wildman–Crippen MR) is 85.7 cm³/mol. The van der Waals surface area contributed by atoms with Gasteiger partial charge in [-0.05, 0) is 62.4 Å². The first-order valence-electron chi connectivity index (χ1n) is 6.36. The van der Waals surface area contributed by atoms with Gasteiger partial charge >= 0.3 is 0 Å². The van der Waals surface area contributed by atoms with E-state index in [1.165, 1.54) is 0 Å². The lowest BCUT2D eigenvalue weighted by Gasteiger charge is -2.18. The summed E-state index contributed by atoms with van der Waals surface area (Å²) in [5, 5.41) is 12.0. The molecule has 1 aromatic carbocycles. The number of hydrogen-bond acceptors (Lipinski definition) is 3. The molecule has 1 atom stereocenters. The van der Waals surface area contributed by atoms with E-state index in [2.05, 4.69) is 37.2 Å². The van der Waals surface area contributed by atoms with Crippen LogP contribution < -0.4 is 10.1 Å². The Balaban J connectivity index is 2.64. The zero-order valence-corrected chi connectivity index (χ0v) is 14.9. The molecule has 4 nitrogen and oxygen atoms in total. The van der Waals surface area contributed by atoms with Crippen LogP contribution in [-0.4, -0.2) is 23.7 Å². The summed E-state index contributed by atoms with van der Waals surface area (Å²) >= 11 is 6.73. The summed E-state index contributed by atoms with van der Waals surface area (Å²) in [5.41, 5.74) is 0.758. The molecule has 1 amide bonds. The summed E-state index contributed by atoms with van der Waals surface area (Å²) in [6.07, 6.45) is 0. The van der Waals surface area contributed by atoms with Crippen LogP contribution in [0.3, 0.4) is 0 Å². The monoisotopic (exact) mass is 407 g/mol. The highest BCUT2D eigenvalue weighted by atomic mass is 79.9. The average Bonchev–Trinajstić information content (AvgIpc) is 2.37. The highest BCUT2D eigenvalue weighted by Gasteiger charge is 2.14. The van der Waals surface area contributed by atoms with Crippen molar-refractivity contribution in [2.24, 2.45) is 5.92 Å². The summed E-state index contributed by atoms with van der Waals surface area (Å²) in [6.45, 7) is 5.96. The lowest BCUT2D eigenvalue weighted by atomic mass is 10.1. The van der Waals surface area contributed by atoms with E-state index < -0.39 is 0 Å². The van der Waals surface area contributed by atoms with E-state index in [1.54, 1.807) is 12.1 Å². The first-order valence-corrected chi connectivity index (χ1v) is 7.94. The van der Waals surface area contributed by atoms with Crippen LogP contribution in [0.25, 0.3) is 0 Å². The van der Waals surface area contributed by atoms with E-state index in [0.717, 1.165) is 5.56 Å². The zero-order valence-electron chi connectivity index (χ0n) is 11.7. The standard InChI is InChI=1S/C14H19Br2NO3/c1-8(2)9(3)17-13(19)7-20-14-11(15)4-10(6-18)5-12(14)16/h4-5,8-9,18H,6-7H2,1-3H3,(H,17,19). The normalized spacial score (nSPS) is 12.3. The van der Waals surface area contributed by atoms with Gasteiger partial charge in [0.1, 0.15) is 5.75 Å². The Labute approximate surface area is 136 Å². The van der Waals surface area contributed by atoms with E-state index in [9.17, 15) is 4.79 Å². The Bertz CT molecular complexity index is 454. The number of benzene rings is 1. The number of rotatable bonds is 6. The maximum Gasteiger partial charge on any atom is 0.258 e. The number of halogens is 2. The van der Waals surface area contributed by atoms with Gasteiger partial charge in [0, 0.05) is 6.04 Å². The van der Waals surface area contributed by atoms with E-state index in [-0.39, 0.29) is 25.2 Å². The molecular formula is C14H19Br2NO3. The molecule has 2 N–H and O–H groups in total. The highest BCUT2D eigenvalue weighted by molar-refractivity contribution is 9.11. The van der Waals surface area contributed by atoms with Crippen molar-refractivity contribution in [1.29, 1.82) is 0 Å². The van der Waals surface area contributed by atoms with Crippen molar-refractivity contribution in [2.75, 3.05) is 6.61 Å². The SMILES string of the molecule is CC(C)C(C)NC(=O)COc1c(Br)cc(CO)cc1Br. The first-order chi connectivity index (χ1) is 9.35. The van der Waals surface area contributed by atoms with Gasteiger partial charge in [0.05, 0.1) is 15.6 Å². The second kappa shape index (κ2) is 8.00. The fourth-order valence-corrected chi connectivity index (χ4v) is 2.95. The smallest absolute Gasteiger partial charge is 0.258 e. The largest absolute Gasteiger partial charge is 0.481 e. The van der Waals surface area contributed by atoms with E-state index in [4.69, 9.17) is 9.84 Å². The number of carbonyl (C=O) groups is 1. The molecule has 0 radical (unpaired) electrons. The van der Waals surface area contributed by atoms with Gasteiger partial charge < -0.3 is 15.2 Å². The summed E-state index contributed by atoms with van der Waals surface area (Å²) in [7, 11) is 0. The van der Waals surface area contributed by atoms with Crippen LogP contribution in [0.5, 0.6) is 5.75 Å². The molecule has 0 heterocycles. The number of amides is 1. The molecule has 0 aliphatic rings. The lowest BCUT2D eigenvalue weighted by molar-refractivity contribution is -0.124. The summed E-state index contributed by atoms with van der Waals surface area (Å²) < 4.78 is 6.91. The molecule has 20 heavy (non-hydrogen) atoms. The van der Waals surface area contributed by atoms with Crippen molar-refractivity contribution in [2.45, 2.75) is 33.4 Å². The molecule has 0 bridgehead atoms. The van der Waals surface area contributed by atoms with E-state index in [1.807, 2.05) is 20.8 Å². The molecule has 0 saturated heterocycles. The Morgan fingerprint density at radius 2 is 1.85 bits per heavy atom. The molecule has 112 valence electrons. The maximum absolute atomic E-state index is 11.8. The maximum atomic E-state index is 11.8. The van der Waals surface area contributed by atoms with E-state index in [0.29, 0.717) is 20.6 Å². The van der Waals surface area contributed by atoms with Crippen molar-refractivity contribution in [3.05, 3.63) is 26.6 Å². The van der Waals surface area contributed by atoms with Gasteiger partial charge in [0.2, 0.25) is 0 Å². The summed E-state index contributed by atoms with van der Waals surface area (Å²) in [5.74, 6) is 0.770. The summed E-state index contributed by atoms with van der Waals surface area (Å²) in [4.78, 5) is 11.8. The predicted octanol–water partition coefficient (Wildman–Crippen LogP) is 3.24. The third kappa shape index (κ3) is 5.07. The highest BCUT2D eigenvalue weighted by Crippen LogP contribution is 2.34. The fourth-order valence-electron chi connectivity index (χ4n) is 1.44. The number of nitrogens with one attached hydrogen (secondary N) is 1. The molecule has 6 heteroatoms. The molecule has 1 unspecified atom stereocenters. The van der Waals surface area contributed by atoms with Crippen LogP contribution in [0.1, 0.15) is 26.3 Å². The minimum absolute atomic E-state index is 0.0489. The number of hydrogen-bond donors (Lipinski definition) is 2. The van der Waals surface area contributed by atoms with Crippen molar-refractivity contribution in [3.63, 3.8) is 0 Å². The van der Waals surface area contributed by atoms with Gasteiger partial charge in [-0.3, -0.25) is 4.79 Å². The lowest BCUT2D eigenvalue weighted by Crippen LogP contribution is -2.39. The fraction of sp³-hybridized carbons (Fsp3) is 0.500. The van der Waals surface area contributed by atoms with Gasteiger partial charge in [-0.2, -0.15) is 0 Å². The Kier molecular flexibility index (Phi) is 6.99. The minimum atomic E-state index is -0.156. The second-order valence-electron chi connectivity index (χ2n) is 4.94. The van der Waals surface area contributed by atoms with Gasteiger partial charge in [-0.25, -0.2) is 0 Å². The average molecular weight is 409 g/mol. The number of carbonyl (C=O) groups excluding carboxylic acids is 1. The molecule has 0 saturated carbocycles. The van der Waals surface area contributed by atoms with Crippen molar-refractivity contribution in [1.82, 2.24) is 5.32 Å². The van der Waals surface area contributed by atoms with Gasteiger partial charge in [0.25, 0.3) is 5.91 Å². The van der Waals surface area contributed by atoms with Crippen LogP contribution in [0.4, 0.5) is 0 Å². The number of aliphatic hydroxyl groups excluding tert-OH is 1. The van der Waals surface area contributed by atoms with Crippen molar-refractivity contribution >= 4 is 37.8 Å². The molecule has 1 rings (SSSR count). The Morgan fingerprint density at radius 3 is 2.30 bits per heavy atom. The third-order valence-corrected chi connectivity index (χ3v) is 4.15. The van der Waals surface area contributed by atoms with Crippen molar-refractivity contribution < 1.29 is 14.6 Å². The topological polar surface area (TPSA) is 58.6 Å². The minimum Gasteiger partial charge on any atom is -0.481 e. The van der Waals surface area contributed by atoms with Gasteiger partial charge in [0.15, 0.2) is 6.61 Å². The Morgan fingerprint density at radius 1 is 1.30 bits per heavy atom. The number of aliphatic hydroxyl groups is 1. The van der Waals surface area contributed by atoms with Crippen LogP contribution in [0.15, 0.2) is 21.1 Å². The molecule has 1 aromatic rings. The van der Waals surface area contributed by atoms with Crippen LogP contribution in [0.2, 0.25) is 0 Å². The Hall–Kier alpha value is -0.590. The summed E-state index contributed by atoms with van der Waals surface area (Å²) in [6, 6.07) is 3.62. The molecule has 0 aliphatic heterocycles. The van der Waals surface area contributed by atoms with Crippen LogP contribution in [-0.2, 0) is 11.4 Å². The molecule has 0 aromatic heterocycles.